The smallest absolute Gasteiger partial charge is 0.306 e. The molecule has 168 valence electrons. The van der Waals surface area contributed by atoms with Gasteiger partial charge in [-0.2, -0.15) is 0 Å². The highest BCUT2D eigenvalue weighted by Crippen LogP contribution is 2.16. The summed E-state index contributed by atoms with van der Waals surface area (Å²) >= 11 is 0. The molecule has 0 spiro atoms. The average molecular weight is 415 g/mol. The van der Waals surface area contributed by atoms with Gasteiger partial charge < -0.3 is 4.74 Å². The van der Waals surface area contributed by atoms with Gasteiger partial charge in [0, 0.05) is 6.42 Å². The van der Waals surface area contributed by atoms with Crippen LogP contribution in [-0.4, -0.2) is 11.8 Å². The van der Waals surface area contributed by atoms with Crippen molar-refractivity contribution in [3.05, 3.63) is 0 Å². The quantitative estimate of drug-likeness (QED) is 0.100. The Morgan fingerprint density at radius 2 is 0.964 bits per heavy atom. The van der Waals surface area contributed by atoms with Crippen LogP contribution in [0.15, 0.2) is 0 Å². The molecule has 0 N–H and O–H groups in total. The molecule has 3 heteroatoms. The second-order valence-electron chi connectivity index (χ2n) is 8.58. The Kier molecular flexibility index (Phi) is 23.1. The van der Waals surface area contributed by atoms with E-state index in [1.54, 1.807) is 0 Å². The summed E-state index contributed by atoms with van der Waals surface area (Å²) < 4.78 is 5.47. The van der Waals surface area contributed by atoms with Crippen molar-refractivity contribution in [3.8, 4) is 0 Å². The predicted molar refractivity (Wildman–Crippen MR) is 128 cm³/mol. The molecule has 0 aliphatic rings. The third kappa shape index (κ3) is 22.2. The third-order valence-corrected chi connectivity index (χ3v) is 6.08. The Bertz CT molecular complexity index is 320. The van der Waals surface area contributed by atoms with Crippen molar-refractivity contribution in [2.75, 3.05) is 0 Å². The summed E-state index contributed by atoms with van der Waals surface area (Å²) in [6.45, 7) is 4.50. The van der Waals surface area contributed by atoms with E-state index in [1.807, 2.05) is 0 Å². The molecular weight excluding hydrogens is 363 g/mol. The maximum Gasteiger partial charge on any atom is 0.306 e. The van der Waals surface area contributed by atoms with Crippen LogP contribution in [0.5, 0.6) is 0 Å². The van der Waals surface area contributed by atoms with Crippen molar-refractivity contribution in [1.29, 1.82) is 0 Å². The van der Waals surface area contributed by atoms with E-state index >= 15 is 0 Å². The van der Waals surface area contributed by atoms with E-state index < -0.39 is 0 Å². The van der Waals surface area contributed by atoms with Gasteiger partial charge in [-0.25, -0.2) is 0 Å². The standard InChI is InChI=1S/C25H51O2P/c1-3-5-7-9-10-11-12-13-14-15-16-17-18-19-20-22-24(26)27-25(28)23-21-8-6-4-2/h25H,3-23,28H2,1-2H3. The molecule has 0 heterocycles. The first-order chi connectivity index (χ1) is 13.7. The predicted octanol–water partition coefficient (Wildman–Crippen LogP) is 8.96. The summed E-state index contributed by atoms with van der Waals surface area (Å²) in [7, 11) is 2.68. The molecule has 0 amide bonds. The van der Waals surface area contributed by atoms with Gasteiger partial charge in [-0.15, -0.1) is 0 Å². The first kappa shape index (κ1) is 27.9. The van der Waals surface area contributed by atoms with Crippen LogP contribution in [0.3, 0.4) is 0 Å². The van der Waals surface area contributed by atoms with E-state index in [4.69, 9.17) is 4.74 Å². The largest absolute Gasteiger partial charge is 0.458 e. The molecule has 0 rings (SSSR count). The summed E-state index contributed by atoms with van der Waals surface area (Å²) in [6, 6.07) is 0. The highest BCUT2D eigenvalue weighted by molar-refractivity contribution is 7.17. The molecule has 0 aliphatic heterocycles. The fourth-order valence-corrected chi connectivity index (χ4v) is 4.09. The number of hydrogen-bond donors (Lipinski definition) is 0. The minimum absolute atomic E-state index is 0.00909. The highest BCUT2D eigenvalue weighted by atomic mass is 31.0. The van der Waals surface area contributed by atoms with Gasteiger partial charge in [0.25, 0.3) is 0 Å². The number of carbonyl (C=O) groups is 1. The fraction of sp³-hybridized carbons (Fsp3) is 0.960. The van der Waals surface area contributed by atoms with Gasteiger partial charge in [0.05, 0.1) is 0 Å². The van der Waals surface area contributed by atoms with Gasteiger partial charge in [0.2, 0.25) is 0 Å². The van der Waals surface area contributed by atoms with E-state index in [-0.39, 0.29) is 11.8 Å². The topological polar surface area (TPSA) is 26.3 Å². The third-order valence-electron chi connectivity index (χ3n) is 5.61. The zero-order chi connectivity index (χ0) is 20.7. The molecule has 0 radical (unpaired) electrons. The lowest BCUT2D eigenvalue weighted by atomic mass is 10.0. The molecule has 28 heavy (non-hydrogen) atoms. The lowest BCUT2D eigenvalue weighted by Crippen LogP contribution is -2.12. The Labute approximate surface area is 179 Å². The maximum atomic E-state index is 11.8. The number of rotatable bonds is 22. The Balaban J connectivity index is 3.22. The van der Waals surface area contributed by atoms with Gasteiger partial charge in [-0.1, -0.05) is 132 Å². The number of hydrogen-bond acceptors (Lipinski definition) is 2. The minimum atomic E-state index is -0.00909. The normalized spacial score (nSPS) is 12.2. The summed E-state index contributed by atoms with van der Waals surface area (Å²) in [5.41, 5.74) is 0. The minimum Gasteiger partial charge on any atom is -0.458 e. The average Bonchev–Trinajstić information content (AvgIpc) is 2.68. The van der Waals surface area contributed by atoms with Crippen LogP contribution in [-0.2, 0) is 9.53 Å². The lowest BCUT2D eigenvalue weighted by molar-refractivity contribution is -0.145. The molecule has 0 aromatic carbocycles. The van der Waals surface area contributed by atoms with Crippen molar-refractivity contribution in [3.63, 3.8) is 0 Å². The molecule has 2 atom stereocenters. The van der Waals surface area contributed by atoms with Gasteiger partial charge in [-0.05, 0) is 19.3 Å². The van der Waals surface area contributed by atoms with Crippen LogP contribution >= 0.6 is 9.24 Å². The highest BCUT2D eigenvalue weighted by Gasteiger charge is 2.09. The van der Waals surface area contributed by atoms with Crippen LogP contribution in [0.2, 0.25) is 0 Å². The van der Waals surface area contributed by atoms with E-state index in [0.717, 1.165) is 19.3 Å². The fourth-order valence-electron chi connectivity index (χ4n) is 3.70. The van der Waals surface area contributed by atoms with E-state index in [0.29, 0.717) is 6.42 Å². The molecule has 0 bridgehead atoms. The molecular formula is C25H51O2P. The summed E-state index contributed by atoms with van der Waals surface area (Å²) in [4.78, 5) is 11.8. The van der Waals surface area contributed by atoms with Crippen LogP contribution < -0.4 is 0 Å². The zero-order valence-corrected chi connectivity index (χ0v) is 20.5. The SMILES string of the molecule is CCCCCCCCCCCCCCCCCC(=O)OC(P)CCCCCC. The second kappa shape index (κ2) is 23.2. The molecule has 0 fully saturated rings. The molecule has 0 saturated carbocycles. The molecule has 2 unspecified atom stereocenters. The molecule has 2 nitrogen and oxygen atoms in total. The van der Waals surface area contributed by atoms with Crippen molar-refractivity contribution in [1.82, 2.24) is 0 Å². The second-order valence-corrected chi connectivity index (χ2v) is 9.32. The van der Waals surface area contributed by atoms with Crippen LogP contribution in [0.1, 0.15) is 149 Å². The number of ether oxygens (including phenoxy) is 1. The van der Waals surface area contributed by atoms with Crippen molar-refractivity contribution >= 4 is 15.2 Å². The number of carbonyl (C=O) groups excluding carboxylic acids is 1. The first-order valence-electron chi connectivity index (χ1n) is 12.7. The molecule has 0 aromatic heterocycles. The van der Waals surface area contributed by atoms with Crippen LogP contribution in [0.25, 0.3) is 0 Å². The van der Waals surface area contributed by atoms with Crippen LogP contribution in [0.4, 0.5) is 0 Å². The van der Waals surface area contributed by atoms with Gasteiger partial charge in [0.15, 0.2) is 0 Å². The van der Waals surface area contributed by atoms with Gasteiger partial charge >= 0.3 is 5.97 Å². The number of unbranched alkanes of at least 4 members (excludes halogenated alkanes) is 17. The lowest BCUT2D eigenvalue weighted by Gasteiger charge is -2.12. The van der Waals surface area contributed by atoms with Crippen LogP contribution in [0, 0.1) is 0 Å². The summed E-state index contributed by atoms with van der Waals surface area (Å²) in [5, 5.41) is 0. The van der Waals surface area contributed by atoms with E-state index in [9.17, 15) is 4.79 Å². The molecule has 0 aliphatic carbocycles. The molecule has 0 aromatic rings. The Morgan fingerprint density at radius 3 is 1.39 bits per heavy atom. The summed E-state index contributed by atoms with van der Waals surface area (Å²) in [5.74, 6) is 0.00545. The first-order valence-corrected chi connectivity index (χ1v) is 13.3. The zero-order valence-electron chi connectivity index (χ0n) is 19.3. The Hall–Kier alpha value is -0.100. The van der Waals surface area contributed by atoms with Gasteiger partial charge in [-0.3, -0.25) is 4.79 Å². The van der Waals surface area contributed by atoms with Crippen molar-refractivity contribution in [2.24, 2.45) is 0 Å². The maximum absolute atomic E-state index is 11.8. The van der Waals surface area contributed by atoms with Crippen molar-refractivity contribution in [2.45, 2.75) is 155 Å². The van der Waals surface area contributed by atoms with E-state index in [2.05, 4.69) is 23.1 Å². The monoisotopic (exact) mass is 414 g/mol. The van der Waals surface area contributed by atoms with Crippen molar-refractivity contribution < 1.29 is 9.53 Å². The van der Waals surface area contributed by atoms with Gasteiger partial charge in [0.1, 0.15) is 5.85 Å². The summed E-state index contributed by atoms with van der Waals surface area (Å²) in [6.07, 6.45) is 26.8. The Morgan fingerprint density at radius 1 is 0.607 bits per heavy atom. The number of esters is 1. The molecule has 0 saturated heterocycles. The van der Waals surface area contributed by atoms with E-state index in [1.165, 1.54) is 109 Å².